The van der Waals surface area contributed by atoms with Gasteiger partial charge in [-0.3, -0.25) is 5.41 Å². The minimum Gasteiger partial charge on any atom is -0.335 e. The largest absolute Gasteiger partial charge is 0.335 e. The molecule has 1 heterocycles. The van der Waals surface area contributed by atoms with Crippen molar-refractivity contribution in [1.82, 2.24) is 9.78 Å². The van der Waals surface area contributed by atoms with Crippen molar-refractivity contribution in [3.63, 3.8) is 0 Å². The first-order valence-corrected chi connectivity index (χ1v) is 7.46. The third-order valence-electron chi connectivity index (χ3n) is 3.07. The number of aromatic nitrogens is 2. The molecule has 22 heavy (non-hydrogen) atoms. The number of hydrogen-bond acceptors (Lipinski definition) is 4. The number of anilines is 1. The van der Waals surface area contributed by atoms with Gasteiger partial charge in [0.1, 0.15) is 0 Å². The van der Waals surface area contributed by atoms with Crippen LogP contribution in [0.3, 0.4) is 0 Å². The molecule has 0 saturated heterocycles. The Kier molecular flexibility index (Phi) is 9.20. The minimum absolute atomic E-state index is 0. The third kappa shape index (κ3) is 4.64. The lowest BCUT2D eigenvalue weighted by Gasteiger charge is -2.16. The van der Waals surface area contributed by atoms with Crippen LogP contribution in [0.15, 0.2) is 30.6 Å². The highest BCUT2D eigenvalue weighted by Crippen LogP contribution is 2.25. The van der Waals surface area contributed by atoms with E-state index in [4.69, 9.17) is 11.1 Å². The predicted octanol–water partition coefficient (Wildman–Crippen LogP) is 3.58. The zero-order valence-corrected chi connectivity index (χ0v) is 14.9. The molecule has 1 aromatic heterocycles. The molecule has 2 rings (SSSR count). The summed E-state index contributed by atoms with van der Waals surface area (Å²) < 4.78 is 1.81. The SMILES string of the molecule is CCSC(=N)Nc1ccc(-n2cccn2)c(CN)c1C.Cl.Cl. The van der Waals surface area contributed by atoms with Gasteiger partial charge in [0, 0.05) is 24.6 Å². The van der Waals surface area contributed by atoms with E-state index in [0.29, 0.717) is 11.7 Å². The number of benzene rings is 1. The summed E-state index contributed by atoms with van der Waals surface area (Å²) in [4.78, 5) is 0. The van der Waals surface area contributed by atoms with Gasteiger partial charge in [-0.05, 0) is 42.0 Å². The maximum atomic E-state index is 7.85. The summed E-state index contributed by atoms with van der Waals surface area (Å²) in [5, 5.41) is 15.7. The van der Waals surface area contributed by atoms with E-state index in [2.05, 4.69) is 10.4 Å². The van der Waals surface area contributed by atoms with Crippen molar-refractivity contribution in [1.29, 1.82) is 5.41 Å². The molecule has 8 heteroatoms. The maximum absolute atomic E-state index is 7.85. The van der Waals surface area contributed by atoms with E-state index in [0.717, 1.165) is 28.3 Å². The van der Waals surface area contributed by atoms with Gasteiger partial charge in [-0.2, -0.15) is 5.10 Å². The molecule has 2 aromatic rings. The van der Waals surface area contributed by atoms with Gasteiger partial charge in [0.25, 0.3) is 0 Å². The number of amidine groups is 1. The molecule has 122 valence electrons. The van der Waals surface area contributed by atoms with Crippen LogP contribution in [0.25, 0.3) is 5.69 Å². The van der Waals surface area contributed by atoms with Crippen LogP contribution < -0.4 is 11.1 Å². The summed E-state index contributed by atoms with van der Waals surface area (Å²) in [6.07, 6.45) is 3.64. The Morgan fingerprint density at radius 2 is 2.14 bits per heavy atom. The number of thioether (sulfide) groups is 1. The first kappa shape index (κ1) is 20.8. The Morgan fingerprint density at radius 3 is 2.68 bits per heavy atom. The fourth-order valence-corrected chi connectivity index (χ4v) is 2.54. The topological polar surface area (TPSA) is 79.7 Å². The van der Waals surface area contributed by atoms with Crippen molar-refractivity contribution in [3.05, 3.63) is 41.7 Å². The second-order valence-corrected chi connectivity index (χ2v) is 5.55. The van der Waals surface area contributed by atoms with Crippen molar-refractivity contribution in [2.45, 2.75) is 20.4 Å². The van der Waals surface area contributed by atoms with E-state index in [-0.39, 0.29) is 24.8 Å². The minimum atomic E-state index is 0. The van der Waals surface area contributed by atoms with Crippen LogP contribution >= 0.6 is 36.6 Å². The average molecular weight is 362 g/mol. The smallest absolute Gasteiger partial charge is 0.158 e. The molecule has 1 aromatic carbocycles. The Hall–Kier alpha value is -1.21. The molecule has 0 unspecified atom stereocenters. The zero-order valence-electron chi connectivity index (χ0n) is 12.5. The molecule has 0 amide bonds. The molecule has 0 radical (unpaired) electrons. The number of rotatable bonds is 4. The van der Waals surface area contributed by atoms with Crippen LogP contribution in [-0.2, 0) is 6.54 Å². The van der Waals surface area contributed by atoms with Gasteiger partial charge in [-0.25, -0.2) is 4.68 Å². The summed E-state index contributed by atoms with van der Waals surface area (Å²) >= 11 is 1.47. The van der Waals surface area contributed by atoms with Crippen LogP contribution in [0.5, 0.6) is 0 Å². The van der Waals surface area contributed by atoms with E-state index in [1.54, 1.807) is 6.20 Å². The van der Waals surface area contributed by atoms with Gasteiger partial charge in [-0.15, -0.1) is 24.8 Å². The number of nitrogens with two attached hydrogens (primary N) is 1. The third-order valence-corrected chi connectivity index (χ3v) is 3.75. The van der Waals surface area contributed by atoms with Gasteiger partial charge in [0.15, 0.2) is 5.17 Å². The van der Waals surface area contributed by atoms with Gasteiger partial charge in [0.2, 0.25) is 0 Å². The molecule has 0 spiro atoms. The monoisotopic (exact) mass is 361 g/mol. The molecular formula is C14H21Cl2N5S. The molecule has 0 aliphatic heterocycles. The maximum Gasteiger partial charge on any atom is 0.158 e. The zero-order chi connectivity index (χ0) is 14.5. The van der Waals surface area contributed by atoms with Crippen molar-refractivity contribution < 1.29 is 0 Å². The summed E-state index contributed by atoms with van der Waals surface area (Å²) in [7, 11) is 0. The second-order valence-electron chi connectivity index (χ2n) is 4.28. The molecule has 0 aliphatic rings. The molecule has 4 N–H and O–H groups in total. The highest BCUT2D eigenvalue weighted by molar-refractivity contribution is 8.14. The van der Waals surface area contributed by atoms with E-state index < -0.39 is 0 Å². The van der Waals surface area contributed by atoms with Crippen LogP contribution in [0.1, 0.15) is 18.1 Å². The highest BCUT2D eigenvalue weighted by Gasteiger charge is 2.11. The summed E-state index contributed by atoms with van der Waals surface area (Å²) in [6.45, 7) is 4.48. The molecule has 0 bridgehead atoms. The second kappa shape index (κ2) is 9.74. The van der Waals surface area contributed by atoms with Crippen molar-refractivity contribution in [3.8, 4) is 5.69 Å². The van der Waals surface area contributed by atoms with Crippen LogP contribution in [0, 0.1) is 12.3 Å². The first-order valence-electron chi connectivity index (χ1n) is 6.48. The standard InChI is InChI=1S/C14H19N5S.2ClH/c1-3-20-14(16)18-12-5-6-13(11(9-15)10(12)2)19-8-4-7-17-19;;/h4-8H,3,9,15H2,1-2H3,(H2,16,18);2*1H. The predicted molar refractivity (Wildman–Crippen MR) is 100 cm³/mol. The summed E-state index contributed by atoms with van der Waals surface area (Å²) in [5.41, 5.74) is 9.89. The van der Waals surface area contributed by atoms with Crippen molar-refractivity contribution in [2.24, 2.45) is 5.73 Å². The molecular weight excluding hydrogens is 341 g/mol. The average Bonchev–Trinajstić information content (AvgIpc) is 2.95. The normalized spacial score (nSPS) is 9.59. The van der Waals surface area contributed by atoms with Crippen molar-refractivity contribution in [2.75, 3.05) is 11.1 Å². The first-order chi connectivity index (χ1) is 9.67. The van der Waals surface area contributed by atoms with Crippen LogP contribution in [0.2, 0.25) is 0 Å². The van der Waals surface area contributed by atoms with Gasteiger partial charge < -0.3 is 11.1 Å². The Balaban J connectivity index is 0.00000220. The summed E-state index contributed by atoms with van der Waals surface area (Å²) in [5.74, 6) is 0.875. The lowest BCUT2D eigenvalue weighted by Crippen LogP contribution is -2.12. The van der Waals surface area contributed by atoms with Gasteiger partial charge in [0.05, 0.1) is 5.69 Å². The van der Waals surface area contributed by atoms with E-state index in [9.17, 15) is 0 Å². The number of nitrogens with one attached hydrogen (secondary N) is 2. The molecule has 0 aliphatic carbocycles. The lowest BCUT2D eigenvalue weighted by atomic mass is 10.0. The highest BCUT2D eigenvalue weighted by atomic mass is 35.5. The Labute approximate surface area is 147 Å². The van der Waals surface area contributed by atoms with Gasteiger partial charge in [-0.1, -0.05) is 18.7 Å². The quantitative estimate of drug-likeness (QED) is 0.574. The molecule has 0 atom stereocenters. The van der Waals surface area contributed by atoms with E-state index >= 15 is 0 Å². The van der Waals surface area contributed by atoms with Crippen LogP contribution in [0.4, 0.5) is 5.69 Å². The fourth-order valence-electron chi connectivity index (χ4n) is 2.06. The molecule has 5 nitrogen and oxygen atoms in total. The van der Waals surface area contributed by atoms with E-state index in [1.807, 2.05) is 42.9 Å². The number of nitrogens with zero attached hydrogens (tertiary/aromatic N) is 2. The number of halogens is 2. The Morgan fingerprint density at radius 1 is 1.41 bits per heavy atom. The number of hydrogen-bond donors (Lipinski definition) is 3. The fraction of sp³-hybridized carbons (Fsp3) is 0.286. The van der Waals surface area contributed by atoms with Gasteiger partial charge >= 0.3 is 0 Å². The lowest BCUT2D eigenvalue weighted by molar-refractivity contribution is 0.855. The summed E-state index contributed by atoms with van der Waals surface area (Å²) in [6, 6.07) is 5.83. The van der Waals surface area contributed by atoms with Crippen molar-refractivity contribution >= 4 is 47.4 Å². The van der Waals surface area contributed by atoms with E-state index in [1.165, 1.54) is 11.8 Å². The molecule has 0 saturated carbocycles. The molecule has 0 fully saturated rings. The Bertz CT molecular complexity index is 602. The van der Waals surface area contributed by atoms with Crippen LogP contribution in [-0.4, -0.2) is 20.7 Å².